The molecule has 5 nitrogen and oxygen atoms in total. The van der Waals surface area contributed by atoms with Crippen molar-refractivity contribution < 1.29 is 9.53 Å². The minimum Gasteiger partial charge on any atom is -0.497 e. The number of likely N-dealkylation sites (N-methyl/N-ethyl adjacent to an activating group) is 1. The Morgan fingerprint density at radius 2 is 2.24 bits per heavy atom. The van der Waals surface area contributed by atoms with E-state index in [0.717, 1.165) is 18.4 Å². The number of carbonyl (C=O) groups is 1. The quantitative estimate of drug-likeness (QED) is 0.788. The summed E-state index contributed by atoms with van der Waals surface area (Å²) in [4.78, 5) is 14.4. The Balaban J connectivity index is 1.93. The molecule has 0 bridgehead atoms. The third-order valence-electron chi connectivity index (χ3n) is 4.36. The van der Waals surface area contributed by atoms with E-state index in [-0.39, 0.29) is 11.9 Å². The van der Waals surface area contributed by atoms with Crippen LogP contribution in [0.5, 0.6) is 5.75 Å². The van der Waals surface area contributed by atoms with Crippen molar-refractivity contribution in [2.75, 3.05) is 31.8 Å². The fraction of sp³-hybridized carbons (Fsp3) is 0.562. The normalized spacial score (nSPS) is 22.0. The molecule has 3 N–H and O–H groups in total. The third kappa shape index (κ3) is 3.88. The van der Waals surface area contributed by atoms with E-state index in [2.05, 4.69) is 17.1 Å². The maximum atomic E-state index is 12.3. The zero-order valence-corrected chi connectivity index (χ0v) is 13.2. The largest absolute Gasteiger partial charge is 0.497 e. The predicted octanol–water partition coefficient (Wildman–Crippen LogP) is 2.19. The highest BCUT2D eigenvalue weighted by atomic mass is 16.5. The van der Waals surface area contributed by atoms with E-state index >= 15 is 0 Å². The third-order valence-corrected chi connectivity index (χ3v) is 4.36. The minimum atomic E-state index is -0.181. The molecule has 0 radical (unpaired) electrons. The number of nitrogens with two attached hydrogens (primary N) is 1. The topological polar surface area (TPSA) is 67.6 Å². The van der Waals surface area contributed by atoms with Gasteiger partial charge < -0.3 is 15.8 Å². The first kappa shape index (κ1) is 15.6. The van der Waals surface area contributed by atoms with Crippen molar-refractivity contribution in [1.29, 1.82) is 0 Å². The molecule has 21 heavy (non-hydrogen) atoms. The Labute approximate surface area is 126 Å². The smallest absolute Gasteiger partial charge is 0.241 e. The van der Waals surface area contributed by atoms with Crippen LogP contribution in [0.15, 0.2) is 18.2 Å². The monoisotopic (exact) mass is 291 g/mol. The van der Waals surface area contributed by atoms with Crippen molar-refractivity contribution in [1.82, 2.24) is 4.90 Å². The summed E-state index contributed by atoms with van der Waals surface area (Å²) in [6, 6.07) is 5.07. The number of nitrogens with one attached hydrogen (secondary N) is 1. The van der Waals surface area contributed by atoms with Crippen molar-refractivity contribution in [3.8, 4) is 5.75 Å². The highest BCUT2D eigenvalue weighted by Gasteiger charge is 2.34. The Kier molecular flexibility index (Phi) is 4.73. The van der Waals surface area contributed by atoms with Crippen LogP contribution < -0.4 is 15.8 Å². The summed E-state index contributed by atoms with van der Waals surface area (Å²) < 4.78 is 5.10. The molecule has 0 aliphatic heterocycles. The molecule has 1 aliphatic rings. The van der Waals surface area contributed by atoms with Crippen molar-refractivity contribution in [2.45, 2.75) is 26.3 Å². The van der Waals surface area contributed by atoms with Crippen molar-refractivity contribution in [3.63, 3.8) is 0 Å². The fourth-order valence-electron chi connectivity index (χ4n) is 2.40. The fourth-order valence-corrected chi connectivity index (χ4v) is 2.40. The van der Waals surface area contributed by atoms with Gasteiger partial charge in [0.2, 0.25) is 5.91 Å². The van der Waals surface area contributed by atoms with Gasteiger partial charge in [0.15, 0.2) is 0 Å². The Hall–Kier alpha value is -1.75. The maximum absolute atomic E-state index is 12.3. The number of carbonyl (C=O) groups excluding carboxylic acids is 1. The number of hydrogen-bond acceptors (Lipinski definition) is 4. The molecule has 0 aromatic heterocycles. The molecule has 5 heteroatoms. The van der Waals surface area contributed by atoms with Gasteiger partial charge in [0.25, 0.3) is 0 Å². The molecular formula is C16H25N3O2. The van der Waals surface area contributed by atoms with Gasteiger partial charge in [-0.1, -0.05) is 6.92 Å². The molecule has 3 unspecified atom stereocenters. The van der Waals surface area contributed by atoms with Gasteiger partial charge in [0, 0.05) is 12.6 Å². The van der Waals surface area contributed by atoms with Gasteiger partial charge in [0.05, 0.1) is 24.5 Å². The van der Waals surface area contributed by atoms with E-state index < -0.39 is 0 Å². The highest BCUT2D eigenvalue weighted by molar-refractivity contribution is 5.97. The Morgan fingerprint density at radius 3 is 2.76 bits per heavy atom. The summed E-state index contributed by atoms with van der Waals surface area (Å²) in [5.74, 6) is 2.16. The van der Waals surface area contributed by atoms with Crippen LogP contribution in [0.3, 0.4) is 0 Å². The summed E-state index contributed by atoms with van der Waals surface area (Å²) in [7, 11) is 3.58. The average molecular weight is 291 g/mol. The Morgan fingerprint density at radius 1 is 1.57 bits per heavy atom. The number of hydrogen-bond donors (Lipinski definition) is 2. The second-order valence-corrected chi connectivity index (χ2v) is 6.03. The van der Waals surface area contributed by atoms with E-state index in [1.807, 2.05) is 14.0 Å². The van der Waals surface area contributed by atoms with Crippen LogP contribution in [0.1, 0.15) is 20.3 Å². The summed E-state index contributed by atoms with van der Waals surface area (Å²) in [6.07, 6.45) is 1.27. The van der Waals surface area contributed by atoms with Crippen molar-refractivity contribution in [3.05, 3.63) is 18.2 Å². The van der Waals surface area contributed by atoms with Gasteiger partial charge in [-0.2, -0.15) is 0 Å². The second-order valence-electron chi connectivity index (χ2n) is 6.03. The highest BCUT2D eigenvalue weighted by Crippen LogP contribution is 2.38. The summed E-state index contributed by atoms with van der Waals surface area (Å²) in [5, 5.41) is 2.89. The summed E-state index contributed by atoms with van der Waals surface area (Å²) in [5.41, 5.74) is 7.06. The van der Waals surface area contributed by atoms with Gasteiger partial charge in [-0.25, -0.2) is 0 Å². The van der Waals surface area contributed by atoms with E-state index in [1.54, 1.807) is 25.3 Å². The molecule has 1 aromatic rings. The first-order valence-electron chi connectivity index (χ1n) is 7.37. The Bertz CT molecular complexity index is 518. The summed E-state index contributed by atoms with van der Waals surface area (Å²) >= 11 is 0. The van der Waals surface area contributed by atoms with Crippen LogP contribution in [0.25, 0.3) is 0 Å². The van der Waals surface area contributed by atoms with E-state index in [9.17, 15) is 4.79 Å². The van der Waals surface area contributed by atoms with Crippen LogP contribution in [0.2, 0.25) is 0 Å². The lowest BCUT2D eigenvalue weighted by Gasteiger charge is -2.24. The van der Waals surface area contributed by atoms with E-state index in [0.29, 0.717) is 17.1 Å². The number of nitrogen functional groups attached to an aromatic ring is 1. The molecular weight excluding hydrogens is 266 g/mol. The lowest BCUT2D eigenvalue weighted by Crippen LogP contribution is -2.40. The molecule has 2 rings (SSSR count). The van der Waals surface area contributed by atoms with Gasteiger partial charge in [-0.05, 0) is 44.4 Å². The van der Waals surface area contributed by atoms with Crippen molar-refractivity contribution in [2.24, 2.45) is 11.8 Å². The van der Waals surface area contributed by atoms with Gasteiger partial charge in [0.1, 0.15) is 5.75 Å². The first-order chi connectivity index (χ1) is 9.92. The predicted molar refractivity (Wildman–Crippen MR) is 85.4 cm³/mol. The number of nitrogens with zero attached hydrogens (tertiary/aromatic N) is 1. The van der Waals surface area contributed by atoms with Crippen LogP contribution in [0, 0.1) is 11.8 Å². The van der Waals surface area contributed by atoms with Gasteiger partial charge in [-0.3, -0.25) is 9.69 Å². The zero-order chi connectivity index (χ0) is 15.6. The average Bonchev–Trinajstić information content (AvgIpc) is 3.15. The number of benzene rings is 1. The number of ether oxygens (including phenoxy) is 1. The zero-order valence-electron chi connectivity index (χ0n) is 13.2. The maximum Gasteiger partial charge on any atom is 0.241 e. The first-order valence-corrected chi connectivity index (χ1v) is 7.37. The van der Waals surface area contributed by atoms with Crippen LogP contribution >= 0.6 is 0 Å². The second kappa shape index (κ2) is 6.35. The molecule has 0 spiro atoms. The standard InChI is InChI=1S/C16H25N3O2/c1-10-7-12(10)9-19(3)11(2)16(20)18-15-6-5-13(21-4)8-14(15)17/h5-6,8,10-12H,7,9,17H2,1-4H3,(H,18,20). The number of anilines is 2. The van der Waals surface area contributed by atoms with Crippen molar-refractivity contribution >= 4 is 17.3 Å². The molecule has 0 heterocycles. The molecule has 116 valence electrons. The molecule has 3 atom stereocenters. The van der Waals surface area contributed by atoms with E-state index in [4.69, 9.17) is 10.5 Å². The van der Waals surface area contributed by atoms with Crippen LogP contribution in [0.4, 0.5) is 11.4 Å². The molecule has 1 saturated carbocycles. The van der Waals surface area contributed by atoms with E-state index in [1.165, 1.54) is 6.42 Å². The molecule has 1 aromatic carbocycles. The SMILES string of the molecule is COc1ccc(NC(=O)C(C)N(C)CC2CC2C)c(N)c1. The minimum absolute atomic E-state index is 0.0392. The molecule has 1 amide bonds. The van der Waals surface area contributed by atoms with Crippen LogP contribution in [-0.2, 0) is 4.79 Å². The lowest BCUT2D eigenvalue weighted by atomic mass is 10.2. The number of amides is 1. The summed E-state index contributed by atoms with van der Waals surface area (Å²) in [6.45, 7) is 5.14. The van der Waals surface area contributed by atoms with Gasteiger partial charge >= 0.3 is 0 Å². The lowest BCUT2D eigenvalue weighted by molar-refractivity contribution is -0.120. The van der Waals surface area contributed by atoms with Gasteiger partial charge in [-0.15, -0.1) is 0 Å². The number of methoxy groups -OCH3 is 1. The molecule has 0 saturated heterocycles. The molecule has 1 aliphatic carbocycles. The molecule has 1 fully saturated rings. The number of rotatable bonds is 6. The van der Waals surface area contributed by atoms with Crippen LogP contribution in [-0.4, -0.2) is 37.6 Å².